The Hall–Kier alpha value is -2.99. The highest BCUT2D eigenvalue weighted by Gasteiger charge is 2.18. The summed E-state index contributed by atoms with van der Waals surface area (Å²) in [6.07, 6.45) is 0.0208. The summed E-state index contributed by atoms with van der Waals surface area (Å²) >= 11 is 6.38. The van der Waals surface area contributed by atoms with Crippen LogP contribution in [0.1, 0.15) is 36.8 Å². The normalized spacial score (nSPS) is 10.9. The average molecular weight is 429 g/mol. The van der Waals surface area contributed by atoms with Gasteiger partial charge in [-0.25, -0.2) is 4.79 Å². The lowest BCUT2D eigenvalue weighted by molar-refractivity contribution is 0.0512. The number of hydrogen-bond donors (Lipinski definition) is 0. The van der Waals surface area contributed by atoms with Crippen molar-refractivity contribution in [2.45, 2.75) is 33.4 Å². The van der Waals surface area contributed by atoms with Crippen molar-refractivity contribution in [1.29, 1.82) is 0 Å². The zero-order chi connectivity index (χ0) is 21.7. The molecule has 0 spiro atoms. The van der Waals surface area contributed by atoms with Crippen molar-refractivity contribution in [2.24, 2.45) is 0 Å². The highest BCUT2D eigenvalue weighted by molar-refractivity contribution is 6.32. The van der Waals surface area contributed by atoms with Crippen molar-refractivity contribution in [1.82, 2.24) is 9.78 Å². The number of rotatable bonds is 8. The lowest BCUT2D eigenvalue weighted by Gasteiger charge is -2.11. The first-order chi connectivity index (χ1) is 14.4. The van der Waals surface area contributed by atoms with Gasteiger partial charge in [-0.15, -0.1) is 0 Å². The quantitative estimate of drug-likeness (QED) is 0.460. The van der Waals surface area contributed by atoms with Gasteiger partial charge in [0.15, 0.2) is 0 Å². The number of carbonyl (C=O) groups excluding carboxylic acids is 1. The molecule has 1 aromatic heterocycles. The van der Waals surface area contributed by atoms with Gasteiger partial charge in [0.05, 0.1) is 37.1 Å². The van der Waals surface area contributed by atoms with Crippen LogP contribution in [-0.4, -0.2) is 35.6 Å². The maximum atomic E-state index is 12.5. The smallest absolute Gasteiger partial charge is 0.356 e. The molecule has 0 atom stereocenters. The summed E-state index contributed by atoms with van der Waals surface area (Å²) in [5, 5.41) is 5.13. The van der Waals surface area contributed by atoms with Crippen LogP contribution in [0.4, 0.5) is 0 Å². The van der Waals surface area contributed by atoms with Crippen LogP contribution in [0.15, 0.2) is 48.5 Å². The molecular weight excluding hydrogens is 404 g/mol. The summed E-state index contributed by atoms with van der Waals surface area (Å²) in [5.41, 5.74) is 2.77. The minimum Gasteiger partial charge on any atom is -0.497 e. The van der Waals surface area contributed by atoms with Crippen molar-refractivity contribution in [2.75, 3.05) is 13.7 Å². The Bertz CT molecular complexity index is 1010. The number of carbonyl (C=O) groups is 1. The van der Waals surface area contributed by atoms with Crippen LogP contribution in [0.5, 0.6) is 11.5 Å². The maximum Gasteiger partial charge on any atom is 0.356 e. The zero-order valence-corrected chi connectivity index (χ0v) is 18.3. The number of aromatic nitrogens is 2. The van der Waals surface area contributed by atoms with Gasteiger partial charge in [0.25, 0.3) is 0 Å². The van der Waals surface area contributed by atoms with E-state index in [4.69, 9.17) is 25.8 Å². The van der Waals surface area contributed by atoms with Crippen molar-refractivity contribution in [3.05, 3.63) is 64.8 Å². The highest BCUT2D eigenvalue weighted by Crippen LogP contribution is 2.31. The first-order valence-corrected chi connectivity index (χ1v) is 10.1. The van der Waals surface area contributed by atoms with Crippen LogP contribution in [0.25, 0.3) is 11.3 Å². The summed E-state index contributed by atoms with van der Waals surface area (Å²) in [5.74, 6) is 0.957. The van der Waals surface area contributed by atoms with Crippen LogP contribution < -0.4 is 9.47 Å². The van der Waals surface area contributed by atoms with E-state index in [1.165, 1.54) is 0 Å². The summed E-state index contributed by atoms with van der Waals surface area (Å²) in [6, 6.07) is 14.8. The van der Waals surface area contributed by atoms with Crippen LogP contribution in [0, 0.1) is 0 Å². The molecule has 6 nitrogen and oxygen atoms in total. The number of esters is 1. The molecule has 0 aliphatic rings. The SMILES string of the molecule is CCOC(=O)c1cc(-c2ccc(OC(C)C)c(Cl)c2)nn1Cc1ccc(OC)cc1. The molecule has 0 aliphatic heterocycles. The molecule has 0 amide bonds. The Kier molecular flexibility index (Phi) is 7.00. The number of nitrogens with zero attached hydrogens (tertiary/aromatic N) is 2. The highest BCUT2D eigenvalue weighted by atomic mass is 35.5. The second-order valence-corrected chi connectivity index (χ2v) is 7.36. The van der Waals surface area contributed by atoms with E-state index in [1.54, 1.807) is 30.8 Å². The second-order valence-electron chi connectivity index (χ2n) is 6.95. The van der Waals surface area contributed by atoms with Crippen LogP contribution in [-0.2, 0) is 11.3 Å². The molecule has 1 heterocycles. The van der Waals surface area contributed by atoms with E-state index in [0.717, 1.165) is 16.9 Å². The summed E-state index contributed by atoms with van der Waals surface area (Å²) < 4.78 is 17.7. The lowest BCUT2D eigenvalue weighted by atomic mass is 10.1. The molecule has 0 radical (unpaired) electrons. The molecule has 3 aromatic rings. The minimum absolute atomic E-state index is 0.0208. The summed E-state index contributed by atoms with van der Waals surface area (Å²) in [7, 11) is 1.62. The molecule has 30 heavy (non-hydrogen) atoms. The summed E-state index contributed by atoms with van der Waals surface area (Å²) in [4.78, 5) is 12.5. The van der Waals surface area contributed by atoms with Crippen molar-refractivity contribution >= 4 is 17.6 Å². The molecule has 0 bridgehead atoms. The molecule has 0 fully saturated rings. The number of hydrogen-bond acceptors (Lipinski definition) is 5. The van der Waals surface area contributed by atoms with Gasteiger partial charge >= 0.3 is 5.97 Å². The van der Waals surface area contributed by atoms with E-state index in [1.807, 2.05) is 50.2 Å². The zero-order valence-electron chi connectivity index (χ0n) is 17.5. The maximum absolute atomic E-state index is 12.5. The van der Waals surface area contributed by atoms with Gasteiger partial charge in [-0.3, -0.25) is 4.68 Å². The fourth-order valence-corrected chi connectivity index (χ4v) is 3.19. The average Bonchev–Trinajstić information content (AvgIpc) is 3.14. The predicted molar refractivity (Wildman–Crippen MR) is 116 cm³/mol. The third-order valence-electron chi connectivity index (χ3n) is 4.35. The predicted octanol–water partition coefficient (Wildman–Crippen LogP) is 5.22. The van der Waals surface area contributed by atoms with E-state index in [-0.39, 0.29) is 12.7 Å². The number of benzene rings is 2. The van der Waals surface area contributed by atoms with Gasteiger partial charge in [-0.05, 0) is 62.7 Å². The molecule has 3 rings (SSSR count). The standard InChI is InChI=1S/C23H25ClN2O4/c1-5-29-23(27)21-13-20(17-8-11-22(19(24)12-17)30-15(2)3)25-26(21)14-16-6-9-18(28-4)10-7-16/h6-13,15H,5,14H2,1-4H3. The van der Waals surface area contributed by atoms with E-state index in [9.17, 15) is 4.79 Å². The van der Waals surface area contributed by atoms with Crippen molar-refractivity contribution in [3.63, 3.8) is 0 Å². The van der Waals surface area contributed by atoms with Crippen molar-refractivity contribution in [3.8, 4) is 22.8 Å². The van der Waals surface area contributed by atoms with Crippen LogP contribution in [0.2, 0.25) is 5.02 Å². The van der Waals surface area contributed by atoms with Crippen LogP contribution in [0.3, 0.4) is 0 Å². The Morgan fingerprint density at radius 3 is 2.47 bits per heavy atom. The van der Waals surface area contributed by atoms with Gasteiger partial charge in [0.1, 0.15) is 17.2 Å². The fourth-order valence-electron chi connectivity index (χ4n) is 2.96. The van der Waals surface area contributed by atoms with Gasteiger partial charge in [-0.2, -0.15) is 5.10 Å². The second kappa shape index (κ2) is 9.67. The van der Waals surface area contributed by atoms with E-state index in [0.29, 0.717) is 28.7 Å². The molecule has 0 saturated heterocycles. The number of methoxy groups -OCH3 is 1. The number of halogens is 1. The van der Waals surface area contributed by atoms with Gasteiger partial charge in [-0.1, -0.05) is 23.7 Å². The molecule has 7 heteroatoms. The van der Waals surface area contributed by atoms with E-state index < -0.39 is 5.97 Å². The van der Waals surface area contributed by atoms with Gasteiger partial charge in [0.2, 0.25) is 0 Å². The van der Waals surface area contributed by atoms with Crippen LogP contribution >= 0.6 is 11.6 Å². The fraction of sp³-hybridized carbons (Fsp3) is 0.304. The third-order valence-corrected chi connectivity index (χ3v) is 4.64. The first-order valence-electron chi connectivity index (χ1n) is 9.75. The topological polar surface area (TPSA) is 62.6 Å². The summed E-state index contributed by atoms with van der Waals surface area (Å²) in [6.45, 7) is 6.36. The van der Waals surface area contributed by atoms with Gasteiger partial charge in [0, 0.05) is 5.56 Å². The molecule has 0 N–H and O–H groups in total. The Morgan fingerprint density at radius 1 is 1.13 bits per heavy atom. The minimum atomic E-state index is -0.421. The monoisotopic (exact) mass is 428 g/mol. The molecule has 2 aromatic carbocycles. The van der Waals surface area contributed by atoms with Gasteiger partial charge < -0.3 is 14.2 Å². The molecule has 0 aliphatic carbocycles. The molecule has 0 saturated carbocycles. The van der Waals surface area contributed by atoms with E-state index in [2.05, 4.69) is 5.10 Å². The molecule has 0 unspecified atom stereocenters. The Morgan fingerprint density at radius 2 is 1.87 bits per heavy atom. The largest absolute Gasteiger partial charge is 0.497 e. The van der Waals surface area contributed by atoms with E-state index >= 15 is 0 Å². The lowest BCUT2D eigenvalue weighted by Crippen LogP contribution is -2.14. The molecular formula is C23H25ClN2O4. The molecule has 158 valence electrons. The Balaban J connectivity index is 1.94. The van der Waals surface area contributed by atoms with Crippen molar-refractivity contribution < 1.29 is 19.0 Å². The first kappa shape index (κ1) is 21.7. The third kappa shape index (κ3) is 5.13. The number of ether oxygens (including phenoxy) is 3. The Labute approximate surface area is 181 Å².